The first-order chi connectivity index (χ1) is 9.87. The molecule has 110 valence electrons. The van der Waals surface area contributed by atoms with Crippen molar-refractivity contribution in [1.29, 1.82) is 0 Å². The lowest BCUT2D eigenvalue weighted by molar-refractivity contribution is -0.384. The predicted molar refractivity (Wildman–Crippen MR) is 74.8 cm³/mol. The van der Waals surface area contributed by atoms with E-state index >= 15 is 0 Å². The minimum absolute atomic E-state index is 0.0410. The molecule has 1 atom stereocenters. The summed E-state index contributed by atoms with van der Waals surface area (Å²) in [5, 5.41) is 17.7. The first-order valence-corrected chi connectivity index (χ1v) is 6.32. The molecule has 2 rings (SSSR count). The number of nitro groups is 1. The molecule has 1 saturated heterocycles. The molecule has 0 radical (unpaired) electrons. The first kappa shape index (κ1) is 14.6. The summed E-state index contributed by atoms with van der Waals surface area (Å²) in [4.78, 5) is 33.8. The summed E-state index contributed by atoms with van der Waals surface area (Å²) in [5.74, 6) is -0.423. The van der Waals surface area contributed by atoms with Crippen LogP contribution < -0.4 is 5.32 Å². The lowest BCUT2D eigenvalue weighted by atomic mass is 10.00. The highest BCUT2D eigenvalue weighted by Gasteiger charge is 2.46. The van der Waals surface area contributed by atoms with Crippen molar-refractivity contribution in [3.05, 3.63) is 39.9 Å². The molecule has 3 amide bonds. The van der Waals surface area contributed by atoms with E-state index in [2.05, 4.69) is 10.4 Å². The van der Waals surface area contributed by atoms with E-state index in [-0.39, 0.29) is 5.69 Å². The SMILES string of the molecule is CC[C@@]1(C)NC(=O)N(/N=C\c2ccc([N+](=O)[O-])cc2)C1=O. The van der Waals surface area contributed by atoms with Crippen molar-refractivity contribution in [2.75, 3.05) is 0 Å². The number of nitrogens with zero attached hydrogens (tertiary/aromatic N) is 3. The molecule has 0 aliphatic carbocycles. The number of non-ortho nitro benzene ring substituents is 1. The van der Waals surface area contributed by atoms with Gasteiger partial charge in [-0.2, -0.15) is 5.10 Å². The largest absolute Gasteiger partial charge is 0.346 e. The van der Waals surface area contributed by atoms with Gasteiger partial charge in [-0.05, 0) is 31.0 Å². The number of nitro benzene ring substituents is 1. The molecule has 1 heterocycles. The molecule has 0 saturated carbocycles. The van der Waals surface area contributed by atoms with Crippen LogP contribution in [0.15, 0.2) is 29.4 Å². The van der Waals surface area contributed by atoms with Gasteiger partial charge in [0, 0.05) is 12.1 Å². The maximum absolute atomic E-state index is 12.1. The summed E-state index contributed by atoms with van der Waals surface area (Å²) in [5.41, 5.74) is -0.434. The fourth-order valence-electron chi connectivity index (χ4n) is 1.82. The number of carbonyl (C=O) groups excluding carboxylic acids is 2. The molecule has 1 aliphatic rings. The Balaban J connectivity index is 2.16. The molecule has 0 unspecified atom stereocenters. The van der Waals surface area contributed by atoms with Gasteiger partial charge in [-0.1, -0.05) is 6.92 Å². The molecule has 1 fully saturated rings. The van der Waals surface area contributed by atoms with E-state index in [1.165, 1.54) is 30.5 Å². The van der Waals surface area contributed by atoms with Gasteiger partial charge >= 0.3 is 6.03 Å². The number of amides is 3. The fraction of sp³-hybridized carbons (Fsp3) is 0.308. The molecule has 8 nitrogen and oxygen atoms in total. The zero-order valence-corrected chi connectivity index (χ0v) is 11.6. The van der Waals surface area contributed by atoms with Crippen molar-refractivity contribution in [3.63, 3.8) is 0 Å². The summed E-state index contributed by atoms with van der Waals surface area (Å²) in [6, 6.07) is 5.04. The van der Waals surface area contributed by atoms with Gasteiger partial charge < -0.3 is 5.32 Å². The van der Waals surface area contributed by atoms with E-state index in [9.17, 15) is 19.7 Å². The van der Waals surface area contributed by atoms with Gasteiger partial charge in [0.25, 0.3) is 11.6 Å². The molecule has 1 aromatic rings. The average Bonchev–Trinajstić information content (AvgIpc) is 2.68. The average molecular weight is 290 g/mol. The Kier molecular flexibility index (Phi) is 3.70. The molecule has 0 bridgehead atoms. The van der Waals surface area contributed by atoms with Crippen molar-refractivity contribution in [2.24, 2.45) is 5.10 Å². The van der Waals surface area contributed by atoms with Crippen molar-refractivity contribution < 1.29 is 14.5 Å². The molecule has 8 heteroatoms. The fourth-order valence-corrected chi connectivity index (χ4v) is 1.82. The Bertz CT molecular complexity index is 626. The summed E-state index contributed by atoms with van der Waals surface area (Å²) in [7, 11) is 0. The molecule has 1 N–H and O–H groups in total. The Morgan fingerprint density at radius 3 is 2.48 bits per heavy atom. The van der Waals surface area contributed by atoms with E-state index in [0.717, 1.165) is 5.01 Å². The van der Waals surface area contributed by atoms with Crippen molar-refractivity contribution in [1.82, 2.24) is 10.3 Å². The zero-order chi connectivity index (χ0) is 15.6. The van der Waals surface area contributed by atoms with Crippen molar-refractivity contribution in [3.8, 4) is 0 Å². The quantitative estimate of drug-likeness (QED) is 0.394. The third kappa shape index (κ3) is 2.73. The molecule has 0 spiro atoms. The minimum Gasteiger partial charge on any atom is -0.322 e. The second kappa shape index (κ2) is 5.31. The lowest BCUT2D eigenvalue weighted by Crippen LogP contribution is -2.42. The summed E-state index contributed by atoms with van der Waals surface area (Å²) < 4.78 is 0. The van der Waals surface area contributed by atoms with Gasteiger partial charge in [0.1, 0.15) is 5.54 Å². The standard InChI is InChI=1S/C13H14N4O4/c1-3-13(2)11(18)16(12(19)15-13)14-8-9-4-6-10(7-5-9)17(20)21/h4-8H,3H2,1-2H3,(H,15,19)/b14-8-/t13-/m1/s1. The van der Waals surface area contributed by atoms with Crippen LogP contribution in [0.2, 0.25) is 0 Å². The number of benzene rings is 1. The van der Waals surface area contributed by atoms with Crippen LogP contribution in [-0.2, 0) is 4.79 Å². The molecule has 1 aromatic carbocycles. The molecule has 0 aromatic heterocycles. The molecule has 21 heavy (non-hydrogen) atoms. The van der Waals surface area contributed by atoms with Gasteiger partial charge in [-0.3, -0.25) is 14.9 Å². The van der Waals surface area contributed by atoms with Gasteiger partial charge in [0.15, 0.2) is 0 Å². The van der Waals surface area contributed by atoms with Crippen LogP contribution in [0, 0.1) is 10.1 Å². The lowest BCUT2D eigenvalue weighted by Gasteiger charge is -2.17. The van der Waals surface area contributed by atoms with Crippen LogP contribution in [-0.4, -0.2) is 33.6 Å². The number of hydrogen-bond acceptors (Lipinski definition) is 5. The zero-order valence-electron chi connectivity index (χ0n) is 11.6. The highest BCUT2D eigenvalue weighted by molar-refractivity contribution is 6.07. The van der Waals surface area contributed by atoms with Crippen molar-refractivity contribution in [2.45, 2.75) is 25.8 Å². The van der Waals surface area contributed by atoms with Gasteiger partial charge in [0.2, 0.25) is 0 Å². The molecular formula is C13H14N4O4. The number of imide groups is 1. The number of hydrogen-bond donors (Lipinski definition) is 1. The van der Waals surface area contributed by atoms with Crippen LogP contribution >= 0.6 is 0 Å². The van der Waals surface area contributed by atoms with E-state index in [1.807, 2.05) is 0 Å². The Morgan fingerprint density at radius 2 is 2.00 bits per heavy atom. The van der Waals surface area contributed by atoms with Crippen molar-refractivity contribution >= 4 is 23.8 Å². The minimum atomic E-state index is -0.941. The number of carbonyl (C=O) groups is 2. The third-order valence-electron chi connectivity index (χ3n) is 3.37. The molecular weight excluding hydrogens is 276 g/mol. The second-order valence-electron chi connectivity index (χ2n) is 4.83. The molecule has 1 aliphatic heterocycles. The summed E-state index contributed by atoms with van der Waals surface area (Å²) in [6.07, 6.45) is 1.77. The van der Waals surface area contributed by atoms with Crippen LogP contribution in [0.25, 0.3) is 0 Å². The van der Waals surface area contributed by atoms with E-state index in [1.54, 1.807) is 13.8 Å². The third-order valence-corrected chi connectivity index (χ3v) is 3.37. The van der Waals surface area contributed by atoms with Crippen LogP contribution in [0.4, 0.5) is 10.5 Å². The number of hydrazone groups is 1. The number of urea groups is 1. The van der Waals surface area contributed by atoms with Gasteiger partial charge in [0.05, 0.1) is 11.1 Å². The van der Waals surface area contributed by atoms with Crippen LogP contribution in [0.5, 0.6) is 0 Å². The summed E-state index contributed by atoms with van der Waals surface area (Å²) >= 11 is 0. The van der Waals surface area contributed by atoms with Gasteiger partial charge in [-0.25, -0.2) is 4.79 Å². The maximum Gasteiger partial charge on any atom is 0.346 e. The number of nitrogens with one attached hydrogen (secondary N) is 1. The van der Waals surface area contributed by atoms with E-state index in [4.69, 9.17) is 0 Å². The Morgan fingerprint density at radius 1 is 1.38 bits per heavy atom. The van der Waals surface area contributed by atoms with Crippen LogP contribution in [0.1, 0.15) is 25.8 Å². The highest BCUT2D eigenvalue weighted by Crippen LogP contribution is 2.21. The van der Waals surface area contributed by atoms with E-state index < -0.39 is 22.4 Å². The van der Waals surface area contributed by atoms with E-state index in [0.29, 0.717) is 12.0 Å². The van der Waals surface area contributed by atoms with Crippen LogP contribution in [0.3, 0.4) is 0 Å². The first-order valence-electron chi connectivity index (χ1n) is 6.32. The Labute approximate surface area is 120 Å². The topological polar surface area (TPSA) is 105 Å². The van der Waals surface area contributed by atoms with Gasteiger partial charge in [-0.15, -0.1) is 5.01 Å². The Hall–Kier alpha value is -2.77. The normalized spacial score (nSPS) is 21.9. The predicted octanol–water partition coefficient (Wildman–Crippen LogP) is 1.65. The maximum atomic E-state index is 12.1. The highest BCUT2D eigenvalue weighted by atomic mass is 16.6. The monoisotopic (exact) mass is 290 g/mol. The summed E-state index contributed by atoms with van der Waals surface area (Å²) in [6.45, 7) is 3.43. The smallest absolute Gasteiger partial charge is 0.322 e. The number of rotatable bonds is 4. The second-order valence-corrected chi connectivity index (χ2v) is 4.83.